The summed E-state index contributed by atoms with van der Waals surface area (Å²) in [6.45, 7) is 12.7. The maximum absolute atomic E-state index is 3.62. The molecule has 3 unspecified atom stereocenters. The van der Waals surface area contributed by atoms with Gasteiger partial charge in [-0.3, -0.25) is 0 Å². The van der Waals surface area contributed by atoms with Gasteiger partial charge in [-0.1, -0.05) is 39.8 Å². The first-order chi connectivity index (χ1) is 9.65. The molecule has 0 radical (unpaired) electrons. The topological polar surface area (TPSA) is 15.3 Å². The highest BCUT2D eigenvalue weighted by Gasteiger charge is 2.26. The van der Waals surface area contributed by atoms with Gasteiger partial charge in [0.25, 0.3) is 0 Å². The molecule has 3 atom stereocenters. The third-order valence-electron chi connectivity index (χ3n) is 4.70. The van der Waals surface area contributed by atoms with Crippen LogP contribution in [0.2, 0.25) is 0 Å². The van der Waals surface area contributed by atoms with Crippen LogP contribution in [-0.2, 0) is 0 Å². The Morgan fingerprint density at radius 3 is 2.20 bits per heavy atom. The second-order valence-electron chi connectivity index (χ2n) is 6.37. The summed E-state index contributed by atoms with van der Waals surface area (Å²) < 4.78 is 0. The minimum Gasteiger partial charge on any atom is -0.371 e. The quantitative estimate of drug-likeness (QED) is 0.835. The number of hydrogen-bond acceptors (Lipinski definition) is 2. The van der Waals surface area contributed by atoms with Gasteiger partial charge in [0.1, 0.15) is 0 Å². The van der Waals surface area contributed by atoms with Crippen LogP contribution in [0.3, 0.4) is 0 Å². The van der Waals surface area contributed by atoms with E-state index in [1.165, 1.54) is 30.8 Å². The van der Waals surface area contributed by atoms with Crippen molar-refractivity contribution in [3.8, 4) is 0 Å². The summed E-state index contributed by atoms with van der Waals surface area (Å²) in [4.78, 5) is 2.53. The fourth-order valence-corrected chi connectivity index (χ4v) is 3.07. The lowest BCUT2D eigenvalue weighted by atomic mass is 10.0. The van der Waals surface area contributed by atoms with Crippen LogP contribution >= 0.6 is 0 Å². The summed E-state index contributed by atoms with van der Waals surface area (Å²) in [6.07, 6.45) is 2.34. The van der Waals surface area contributed by atoms with Gasteiger partial charge in [-0.15, -0.1) is 0 Å². The number of anilines is 1. The summed E-state index contributed by atoms with van der Waals surface area (Å²) in [5.41, 5.74) is 2.81. The van der Waals surface area contributed by atoms with Crippen molar-refractivity contribution in [3.05, 3.63) is 29.8 Å². The molecule has 2 heteroatoms. The standard InChI is InChI=1S/C18H30N2/c1-5-11-19-18(6-2)16-7-9-17(10-8-16)20-12-14(3)15(4)13-20/h7-10,14-15,18-19H,5-6,11-13H2,1-4H3. The fraction of sp³-hybridized carbons (Fsp3) is 0.667. The van der Waals surface area contributed by atoms with E-state index in [9.17, 15) is 0 Å². The van der Waals surface area contributed by atoms with Gasteiger partial charge in [-0.05, 0) is 48.9 Å². The second kappa shape index (κ2) is 7.12. The van der Waals surface area contributed by atoms with E-state index < -0.39 is 0 Å². The minimum absolute atomic E-state index is 0.500. The molecule has 1 saturated heterocycles. The maximum Gasteiger partial charge on any atom is 0.0366 e. The average Bonchev–Trinajstić information content (AvgIpc) is 2.80. The van der Waals surface area contributed by atoms with Crippen LogP contribution < -0.4 is 10.2 Å². The largest absolute Gasteiger partial charge is 0.371 e. The first-order valence-electron chi connectivity index (χ1n) is 8.24. The molecule has 0 aliphatic carbocycles. The fourth-order valence-electron chi connectivity index (χ4n) is 3.07. The van der Waals surface area contributed by atoms with E-state index in [1.54, 1.807) is 0 Å². The Morgan fingerprint density at radius 1 is 1.10 bits per heavy atom. The zero-order valence-electron chi connectivity index (χ0n) is 13.5. The van der Waals surface area contributed by atoms with Crippen LogP contribution in [-0.4, -0.2) is 19.6 Å². The molecule has 2 nitrogen and oxygen atoms in total. The maximum atomic E-state index is 3.62. The van der Waals surface area contributed by atoms with Gasteiger partial charge in [0.05, 0.1) is 0 Å². The van der Waals surface area contributed by atoms with Gasteiger partial charge in [0.2, 0.25) is 0 Å². The zero-order chi connectivity index (χ0) is 14.5. The van der Waals surface area contributed by atoms with Crippen LogP contribution in [0.25, 0.3) is 0 Å². The van der Waals surface area contributed by atoms with Crippen LogP contribution in [0.5, 0.6) is 0 Å². The summed E-state index contributed by atoms with van der Waals surface area (Å²) >= 11 is 0. The Bertz CT molecular complexity index is 388. The lowest BCUT2D eigenvalue weighted by Gasteiger charge is -2.21. The molecule has 112 valence electrons. The van der Waals surface area contributed by atoms with Crippen molar-refractivity contribution in [2.24, 2.45) is 11.8 Å². The zero-order valence-corrected chi connectivity index (χ0v) is 13.5. The molecule has 1 heterocycles. The van der Waals surface area contributed by atoms with Gasteiger partial charge in [0.15, 0.2) is 0 Å². The van der Waals surface area contributed by atoms with Crippen molar-refractivity contribution < 1.29 is 0 Å². The van der Waals surface area contributed by atoms with Crippen LogP contribution in [0, 0.1) is 11.8 Å². The number of hydrogen-bond donors (Lipinski definition) is 1. The van der Waals surface area contributed by atoms with E-state index in [1.807, 2.05) is 0 Å². The molecule has 1 aromatic carbocycles. The molecule has 0 aromatic heterocycles. The molecule has 1 aromatic rings. The van der Waals surface area contributed by atoms with Crippen molar-refractivity contribution in [3.63, 3.8) is 0 Å². The van der Waals surface area contributed by atoms with Crippen molar-refractivity contribution >= 4 is 5.69 Å². The molecular weight excluding hydrogens is 244 g/mol. The Kier molecular flexibility index (Phi) is 5.47. The third kappa shape index (κ3) is 3.54. The van der Waals surface area contributed by atoms with Gasteiger partial charge < -0.3 is 10.2 Å². The van der Waals surface area contributed by atoms with E-state index >= 15 is 0 Å². The molecule has 0 bridgehead atoms. The minimum atomic E-state index is 0.500. The molecule has 0 saturated carbocycles. The molecule has 1 aliphatic heterocycles. The highest BCUT2D eigenvalue weighted by Crippen LogP contribution is 2.28. The van der Waals surface area contributed by atoms with Crippen LogP contribution in [0.1, 0.15) is 52.1 Å². The van der Waals surface area contributed by atoms with E-state index in [0.717, 1.165) is 24.8 Å². The van der Waals surface area contributed by atoms with Crippen molar-refractivity contribution in [1.82, 2.24) is 5.32 Å². The van der Waals surface area contributed by atoms with Gasteiger partial charge in [-0.2, -0.15) is 0 Å². The predicted molar refractivity (Wildman–Crippen MR) is 88.3 cm³/mol. The molecule has 0 spiro atoms. The summed E-state index contributed by atoms with van der Waals surface area (Å²) in [5, 5.41) is 3.62. The summed E-state index contributed by atoms with van der Waals surface area (Å²) in [5.74, 6) is 1.62. The number of nitrogens with zero attached hydrogens (tertiary/aromatic N) is 1. The smallest absolute Gasteiger partial charge is 0.0366 e. The van der Waals surface area contributed by atoms with Gasteiger partial charge in [0, 0.05) is 24.8 Å². The molecule has 1 fully saturated rings. The number of nitrogens with one attached hydrogen (secondary N) is 1. The SMILES string of the molecule is CCCNC(CC)c1ccc(N2CC(C)C(C)C2)cc1. The Labute approximate surface area is 124 Å². The molecule has 1 N–H and O–H groups in total. The normalized spacial score (nSPS) is 24.1. The Morgan fingerprint density at radius 2 is 1.70 bits per heavy atom. The average molecular weight is 274 g/mol. The predicted octanol–water partition coefficient (Wildman–Crippen LogP) is 4.23. The monoisotopic (exact) mass is 274 g/mol. The third-order valence-corrected chi connectivity index (χ3v) is 4.70. The van der Waals surface area contributed by atoms with Crippen molar-refractivity contribution in [2.75, 3.05) is 24.5 Å². The van der Waals surface area contributed by atoms with E-state index in [4.69, 9.17) is 0 Å². The summed E-state index contributed by atoms with van der Waals surface area (Å²) in [6, 6.07) is 9.72. The number of rotatable bonds is 6. The highest BCUT2D eigenvalue weighted by molar-refractivity contribution is 5.49. The highest BCUT2D eigenvalue weighted by atomic mass is 15.2. The van der Waals surface area contributed by atoms with Crippen LogP contribution in [0.15, 0.2) is 24.3 Å². The van der Waals surface area contributed by atoms with E-state index in [-0.39, 0.29) is 0 Å². The summed E-state index contributed by atoms with van der Waals surface area (Å²) in [7, 11) is 0. The second-order valence-corrected chi connectivity index (χ2v) is 6.37. The Hall–Kier alpha value is -1.02. The van der Waals surface area contributed by atoms with Crippen LogP contribution in [0.4, 0.5) is 5.69 Å². The van der Waals surface area contributed by atoms with E-state index in [0.29, 0.717) is 6.04 Å². The number of benzene rings is 1. The molecular formula is C18H30N2. The Balaban J connectivity index is 2.02. The lowest BCUT2D eigenvalue weighted by Crippen LogP contribution is -2.22. The molecule has 20 heavy (non-hydrogen) atoms. The lowest BCUT2D eigenvalue weighted by molar-refractivity contribution is 0.494. The molecule has 2 rings (SSSR count). The van der Waals surface area contributed by atoms with Crippen molar-refractivity contribution in [1.29, 1.82) is 0 Å². The van der Waals surface area contributed by atoms with Gasteiger partial charge >= 0.3 is 0 Å². The first-order valence-corrected chi connectivity index (χ1v) is 8.24. The van der Waals surface area contributed by atoms with Crippen molar-refractivity contribution in [2.45, 2.75) is 46.6 Å². The first kappa shape index (κ1) is 15.4. The molecule has 0 amide bonds. The van der Waals surface area contributed by atoms with E-state index in [2.05, 4.69) is 62.2 Å². The van der Waals surface area contributed by atoms with Gasteiger partial charge in [-0.25, -0.2) is 0 Å². The molecule has 1 aliphatic rings.